The molecule has 38 heavy (non-hydrogen) atoms. The van der Waals surface area contributed by atoms with Crippen molar-refractivity contribution in [2.24, 2.45) is 0 Å². The zero-order valence-electron chi connectivity index (χ0n) is 20.3. The van der Waals surface area contributed by atoms with Gasteiger partial charge in [-0.05, 0) is 29.8 Å². The lowest BCUT2D eigenvalue weighted by atomic mass is 9.94. The Morgan fingerprint density at radius 2 is 1.87 bits per heavy atom. The Labute approximate surface area is 221 Å². The van der Waals surface area contributed by atoms with E-state index in [2.05, 4.69) is 15.7 Å². The zero-order chi connectivity index (χ0) is 27.4. The van der Waals surface area contributed by atoms with Gasteiger partial charge in [-0.2, -0.15) is 13.9 Å². The van der Waals surface area contributed by atoms with E-state index in [4.69, 9.17) is 21.4 Å². The van der Waals surface area contributed by atoms with Crippen molar-refractivity contribution < 1.29 is 32.2 Å². The first-order valence-corrected chi connectivity index (χ1v) is 12.1. The highest BCUT2D eigenvalue weighted by atomic mass is 35.5. The van der Waals surface area contributed by atoms with E-state index in [0.29, 0.717) is 37.5 Å². The van der Waals surface area contributed by atoms with Crippen molar-refractivity contribution in [2.75, 3.05) is 45.3 Å². The first kappa shape index (κ1) is 27.8. The number of nitrogens with zero attached hydrogens (tertiary/aromatic N) is 3. The third kappa shape index (κ3) is 6.09. The Kier molecular flexibility index (Phi) is 8.56. The summed E-state index contributed by atoms with van der Waals surface area (Å²) in [5, 5.41) is 17.7. The quantitative estimate of drug-likeness (QED) is 0.346. The number of alkyl halides is 2. The van der Waals surface area contributed by atoms with Crippen LogP contribution in [0.1, 0.15) is 17.2 Å². The summed E-state index contributed by atoms with van der Waals surface area (Å²) < 4.78 is 62.8. The lowest BCUT2D eigenvalue weighted by Crippen LogP contribution is -2.42. The normalized spacial score (nSPS) is 18.1. The molecule has 0 bridgehead atoms. The molecule has 2 atom stereocenters. The smallest absolute Gasteiger partial charge is 0.320 e. The van der Waals surface area contributed by atoms with E-state index in [0.717, 1.165) is 10.7 Å². The van der Waals surface area contributed by atoms with Gasteiger partial charge in [0, 0.05) is 38.7 Å². The van der Waals surface area contributed by atoms with Gasteiger partial charge in [0.2, 0.25) is 0 Å². The number of para-hydroxylation sites is 1. The number of methoxy groups -OCH3 is 1. The highest BCUT2D eigenvalue weighted by Crippen LogP contribution is 2.38. The molecule has 1 aliphatic heterocycles. The summed E-state index contributed by atoms with van der Waals surface area (Å²) in [5.74, 6) is -5.94. The summed E-state index contributed by atoms with van der Waals surface area (Å²) in [6, 6.07) is 9.98. The Morgan fingerprint density at radius 1 is 1.18 bits per heavy atom. The number of aromatic nitrogens is 2. The molecule has 0 radical (unpaired) electrons. The number of likely N-dealkylation sites (tertiary alicyclic amines) is 1. The van der Waals surface area contributed by atoms with Crippen LogP contribution in [0, 0.1) is 11.6 Å². The van der Waals surface area contributed by atoms with Gasteiger partial charge in [0.05, 0.1) is 18.3 Å². The van der Waals surface area contributed by atoms with Crippen molar-refractivity contribution in [3.8, 4) is 5.69 Å². The van der Waals surface area contributed by atoms with Crippen molar-refractivity contribution in [3.63, 3.8) is 0 Å². The molecule has 2 aromatic carbocycles. The van der Waals surface area contributed by atoms with Crippen molar-refractivity contribution >= 4 is 23.4 Å². The molecule has 2 unspecified atom stereocenters. The number of anilines is 1. The molecular formula is C25H26ClF4N5O3. The average molecular weight is 556 g/mol. The summed E-state index contributed by atoms with van der Waals surface area (Å²) in [6.45, 7) is 0.148. The van der Waals surface area contributed by atoms with E-state index < -0.39 is 52.9 Å². The molecule has 1 aromatic heterocycles. The van der Waals surface area contributed by atoms with Crippen molar-refractivity contribution in [3.05, 3.63) is 76.4 Å². The molecule has 4 rings (SSSR count). The summed E-state index contributed by atoms with van der Waals surface area (Å²) >= 11 is 6.22. The van der Waals surface area contributed by atoms with Gasteiger partial charge in [-0.1, -0.05) is 29.8 Å². The average Bonchev–Trinajstić information content (AvgIpc) is 3.43. The number of ether oxygens (including phenoxy) is 1. The van der Waals surface area contributed by atoms with Gasteiger partial charge >= 0.3 is 12.0 Å². The Balaban J connectivity index is 1.61. The topological polar surface area (TPSA) is 91.7 Å². The molecule has 1 saturated heterocycles. The summed E-state index contributed by atoms with van der Waals surface area (Å²) in [6.07, 6.45) is 0. The van der Waals surface area contributed by atoms with Crippen LogP contribution in [0.3, 0.4) is 0 Å². The molecule has 13 heteroatoms. The monoisotopic (exact) mass is 555 g/mol. The minimum atomic E-state index is -3.76. The van der Waals surface area contributed by atoms with Crippen LogP contribution in [0.5, 0.6) is 0 Å². The number of carbonyl (C=O) groups excluding carboxylic acids is 1. The van der Waals surface area contributed by atoms with Crippen molar-refractivity contribution in [1.29, 1.82) is 0 Å². The molecule has 2 heterocycles. The Hall–Kier alpha value is -3.19. The molecule has 2 amide bonds. The minimum Gasteiger partial charge on any atom is -0.390 e. The first-order valence-electron chi connectivity index (χ1n) is 11.7. The second-order valence-electron chi connectivity index (χ2n) is 8.89. The zero-order valence-corrected chi connectivity index (χ0v) is 21.1. The van der Waals surface area contributed by atoms with Crippen molar-refractivity contribution in [1.82, 2.24) is 20.0 Å². The van der Waals surface area contributed by atoms with Crippen LogP contribution < -0.4 is 10.6 Å². The summed E-state index contributed by atoms with van der Waals surface area (Å²) in [5.41, 5.74) is -0.199. The van der Waals surface area contributed by atoms with Crippen LogP contribution in [0.4, 0.5) is 28.2 Å². The SMILES string of the molecule is COCCN1CC(NC(=O)Nc2c(Cl)c(C(F)(F)CO)nn2-c2ccccc2)C(c2cc(F)cc(F)c2)C1. The standard InChI is InChI=1S/C25H26ClF4N5O3/c1-38-8-7-34-12-19(15-9-16(27)11-17(28)10-15)20(13-34)31-24(37)32-23-21(26)22(25(29,30)14-36)33-35(23)18-5-3-2-4-6-18/h2-6,9-11,19-20,36H,7-8,12-14H2,1H3,(H2,31,32,37). The first-order chi connectivity index (χ1) is 18.1. The Morgan fingerprint density at radius 3 is 2.50 bits per heavy atom. The molecule has 8 nitrogen and oxygen atoms in total. The number of urea groups is 1. The van der Waals surface area contributed by atoms with E-state index in [1.54, 1.807) is 37.4 Å². The third-order valence-electron chi connectivity index (χ3n) is 6.24. The van der Waals surface area contributed by atoms with Gasteiger partial charge < -0.3 is 15.2 Å². The number of rotatable bonds is 9. The van der Waals surface area contributed by atoms with E-state index in [1.807, 2.05) is 4.90 Å². The van der Waals surface area contributed by atoms with Crippen LogP contribution in [-0.4, -0.2) is 71.8 Å². The molecule has 3 aromatic rings. The molecule has 204 valence electrons. The lowest BCUT2D eigenvalue weighted by Gasteiger charge is -2.21. The molecule has 3 N–H and O–H groups in total. The van der Waals surface area contributed by atoms with E-state index in [1.165, 1.54) is 12.1 Å². The molecule has 1 aliphatic rings. The minimum absolute atomic E-state index is 0.235. The number of hydrogen-bond donors (Lipinski definition) is 3. The largest absolute Gasteiger partial charge is 0.390 e. The van der Waals surface area contributed by atoms with Gasteiger partial charge in [-0.3, -0.25) is 10.2 Å². The van der Waals surface area contributed by atoms with Crippen LogP contribution in [-0.2, 0) is 10.7 Å². The molecule has 0 aliphatic carbocycles. The Bertz CT molecular complexity index is 1260. The number of aliphatic hydroxyl groups excluding tert-OH is 1. The van der Waals surface area contributed by atoms with Crippen LogP contribution in [0.15, 0.2) is 48.5 Å². The molecule has 1 fully saturated rings. The number of halogens is 5. The predicted octanol–water partition coefficient (Wildman–Crippen LogP) is 4.12. The maximum Gasteiger partial charge on any atom is 0.320 e. The number of nitrogens with one attached hydrogen (secondary N) is 2. The number of benzene rings is 2. The molecule has 0 saturated carbocycles. The third-order valence-corrected chi connectivity index (χ3v) is 6.60. The second-order valence-corrected chi connectivity index (χ2v) is 9.27. The highest BCUT2D eigenvalue weighted by Gasteiger charge is 2.40. The van der Waals surface area contributed by atoms with E-state index in [-0.39, 0.29) is 5.82 Å². The lowest BCUT2D eigenvalue weighted by molar-refractivity contribution is -0.0593. The van der Waals surface area contributed by atoms with E-state index in [9.17, 15) is 22.4 Å². The van der Waals surface area contributed by atoms with Gasteiger partial charge in [0.1, 0.15) is 23.3 Å². The van der Waals surface area contributed by atoms with Crippen LogP contribution in [0.25, 0.3) is 5.69 Å². The number of carbonyl (C=O) groups is 1. The summed E-state index contributed by atoms with van der Waals surface area (Å²) in [7, 11) is 1.55. The second kappa shape index (κ2) is 11.7. The van der Waals surface area contributed by atoms with Gasteiger partial charge in [-0.25, -0.2) is 18.3 Å². The van der Waals surface area contributed by atoms with E-state index >= 15 is 0 Å². The highest BCUT2D eigenvalue weighted by molar-refractivity contribution is 6.34. The van der Waals surface area contributed by atoms with Crippen LogP contribution in [0.2, 0.25) is 5.02 Å². The van der Waals surface area contributed by atoms with Gasteiger partial charge in [-0.15, -0.1) is 0 Å². The number of aliphatic hydroxyl groups is 1. The fourth-order valence-electron chi connectivity index (χ4n) is 4.44. The number of amides is 2. The van der Waals surface area contributed by atoms with Crippen LogP contribution >= 0.6 is 11.6 Å². The summed E-state index contributed by atoms with van der Waals surface area (Å²) in [4.78, 5) is 15.1. The predicted molar refractivity (Wildman–Crippen MR) is 133 cm³/mol. The van der Waals surface area contributed by atoms with Crippen molar-refractivity contribution in [2.45, 2.75) is 17.9 Å². The molecular weight excluding hydrogens is 530 g/mol. The maximum atomic E-state index is 14.4. The van der Waals surface area contributed by atoms with Gasteiger partial charge in [0.25, 0.3) is 0 Å². The maximum absolute atomic E-state index is 14.4. The number of hydrogen-bond acceptors (Lipinski definition) is 5. The van der Waals surface area contributed by atoms with Gasteiger partial charge in [0.15, 0.2) is 11.5 Å². The molecule has 0 spiro atoms. The fourth-order valence-corrected chi connectivity index (χ4v) is 4.75. The fraction of sp³-hybridized carbons (Fsp3) is 0.360.